The number of fused-ring (bicyclic) bond motifs is 1. The average Bonchev–Trinajstić information content (AvgIpc) is 3.23. The molecule has 0 spiro atoms. The Balaban J connectivity index is 1.57. The van der Waals surface area contributed by atoms with E-state index < -0.39 is 0 Å². The SMILES string of the molecule is Cc1nn(Cc2ccccc2)c(C)c1C(=O)Nc1ccc2oc(C(C)C)nc2c1. The van der Waals surface area contributed by atoms with Crippen LogP contribution in [0.3, 0.4) is 0 Å². The van der Waals surface area contributed by atoms with Gasteiger partial charge >= 0.3 is 0 Å². The molecule has 2 aromatic heterocycles. The van der Waals surface area contributed by atoms with Gasteiger partial charge in [0.1, 0.15) is 5.52 Å². The number of aryl methyl sites for hydroxylation is 1. The first-order chi connectivity index (χ1) is 13.9. The highest BCUT2D eigenvalue weighted by atomic mass is 16.3. The summed E-state index contributed by atoms with van der Waals surface area (Å²) >= 11 is 0. The second kappa shape index (κ2) is 7.54. The van der Waals surface area contributed by atoms with Crippen molar-refractivity contribution in [2.45, 2.75) is 40.2 Å². The van der Waals surface area contributed by atoms with E-state index in [9.17, 15) is 4.79 Å². The van der Waals surface area contributed by atoms with E-state index in [-0.39, 0.29) is 11.8 Å². The van der Waals surface area contributed by atoms with Crippen molar-refractivity contribution in [3.8, 4) is 0 Å². The maximum atomic E-state index is 13.0. The predicted molar refractivity (Wildman–Crippen MR) is 113 cm³/mol. The smallest absolute Gasteiger partial charge is 0.259 e. The van der Waals surface area contributed by atoms with E-state index in [1.165, 1.54) is 0 Å². The maximum Gasteiger partial charge on any atom is 0.259 e. The summed E-state index contributed by atoms with van der Waals surface area (Å²) in [4.78, 5) is 17.5. The van der Waals surface area contributed by atoms with Crippen LogP contribution in [0.2, 0.25) is 0 Å². The highest BCUT2D eigenvalue weighted by Gasteiger charge is 2.19. The quantitative estimate of drug-likeness (QED) is 0.518. The molecule has 0 saturated heterocycles. The van der Waals surface area contributed by atoms with Gasteiger partial charge in [0.15, 0.2) is 11.5 Å². The number of benzene rings is 2. The van der Waals surface area contributed by atoms with E-state index in [0.717, 1.165) is 22.4 Å². The molecule has 0 aliphatic carbocycles. The molecule has 29 heavy (non-hydrogen) atoms. The standard InChI is InChI=1S/C23H24N4O2/c1-14(2)23-25-19-12-18(10-11-20(19)29-23)24-22(28)21-15(3)26-27(16(21)4)13-17-8-6-5-7-9-17/h5-12,14H,13H2,1-4H3,(H,24,28). The van der Waals surface area contributed by atoms with E-state index in [2.05, 4.69) is 27.5 Å². The Kier molecular flexibility index (Phi) is 4.92. The van der Waals surface area contributed by atoms with Gasteiger partial charge in [0.25, 0.3) is 5.91 Å². The van der Waals surface area contributed by atoms with Crippen molar-refractivity contribution in [2.75, 3.05) is 5.32 Å². The zero-order chi connectivity index (χ0) is 20.5. The molecule has 0 fully saturated rings. The summed E-state index contributed by atoms with van der Waals surface area (Å²) in [6.45, 7) is 8.48. The summed E-state index contributed by atoms with van der Waals surface area (Å²) in [5.41, 5.74) is 5.43. The number of rotatable bonds is 5. The number of aromatic nitrogens is 3. The molecular weight excluding hydrogens is 364 g/mol. The van der Waals surface area contributed by atoms with Crippen LogP contribution in [-0.2, 0) is 6.54 Å². The van der Waals surface area contributed by atoms with Crippen molar-refractivity contribution in [3.05, 3.63) is 76.9 Å². The minimum Gasteiger partial charge on any atom is -0.440 e. The monoisotopic (exact) mass is 388 g/mol. The number of carbonyl (C=O) groups is 1. The fourth-order valence-electron chi connectivity index (χ4n) is 3.40. The van der Waals surface area contributed by atoms with E-state index in [4.69, 9.17) is 4.42 Å². The average molecular weight is 388 g/mol. The summed E-state index contributed by atoms with van der Waals surface area (Å²) in [5, 5.41) is 7.54. The highest BCUT2D eigenvalue weighted by Crippen LogP contribution is 2.24. The molecular formula is C23H24N4O2. The van der Waals surface area contributed by atoms with Gasteiger partial charge in [-0.2, -0.15) is 5.10 Å². The fraction of sp³-hybridized carbons (Fsp3) is 0.261. The lowest BCUT2D eigenvalue weighted by molar-refractivity contribution is 0.102. The first-order valence-electron chi connectivity index (χ1n) is 9.72. The molecule has 6 nitrogen and oxygen atoms in total. The molecule has 0 atom stereocenters. The van der Waals surface area contributed by atoms with Crippen LogP contribution in [0.4, 0.5) is 5.69 Å². The Bertz CT molecular complexity index is 1170. The molecule has 2 aromatic carbocycles. The zero-order valence-electron chi connectivity index (χ0n) is 17.1. The molecule has 1 amide bonds. The van der Waals surface area contributed by atoms with Crippen LogP contribution in [0.1, 0.15) is 53.0 Å². The van der Waals surface area contributed by atoms with Crippen molar-refractivity contribution >= 4 is 22.7 Å². The Labute approximate surface area is 169 Å². The fourth-order valence-corrected chi connectivity index (χ4v) is 3.40. The molecule has 0 radical (unpaired) electrons. The summed E-state index contributed by atoms with van der Waals surface area (Å²) in [6.07, 6.45) is 0. The van der Waals surface area contributed by atoms with Gasteiger partial charge < -0.3 is 9.73 Å². The summed E-state index contributed by atoms with van der Waals surface area (Å²) < 4.78 is 7.61. The number of oxazole rings is 1. The molecule has 6 heteroatoms. The normalized spacial score (nSPS) is 11.3. The van der Waals surface area contributed by atoms with Crippen LogP contribution in [-0.4, -0.2) is 20.7 Å². The molecule has 0 saturated carbocycles. The zero-order valence-corrected chi connectivity index (χ0v) is 17.1. The van der Waals surface area contributed by atoms with Crippen LogP contribution < -0.4 is 5.32 Å². The van der Waals surface area contributed by atoms with Crippen molar-refractivity contribution in [3.63, 3.8) is 0 Å². The minimum absolute atomic E-state index is 0.175. The summed E-state index contributed by atoms with van der Waals surface area (Å²) in [7, 11) is 0. The topological polar surface area (TPSA) is 73.0 Å². The number of amides is 1. The van der Waals surface area contributed by atoms with E-state index in [0.29, 0.717) is 29.4 Å². The molecule has 148 valence electrons. The van der Waals surface area contributed by atoms with Crippen molar-refractivity contribution in [1.82, 2.24) is 14.8 Å². The molecule has 4 rings (SSSR count). The van der Waals surface area contributed by atoms with Crippen LogP contribution in [0.5, 0.6) is 0 Å². The van der Waals surface area contributed by atoms with Crippen molar-refractivity contribution < 1.29 is 9.21 Å². The lowest BCUT2D eigenvalue weighted by atomic mass is 10.1. The minimum atomic E-state index is -0.175. The highest BCUT2D eigenvalue weighted by molar-refractivity contribution is 6.06. The van der Waals surface area contributed by atoms with Gasteiger partial charge in [0.2, 0.25) is 0 Å². The van der Waals surface area contributed by atoms with Gasteiger partial charge in [-0.3, -0.25) is 9.48 Å². The first-order valence-corrected chi connectivity index (χ1v) is 9.72. The predicted octanol–water partition coefficient (Wildman–Crippen LogP) is 5.07. The van der Waals surface area contributed by atoms with E-state index in [1.807, 2.05) is 68.8 Å². The molecule has 0 unspecified atom stereocenters. The third kappa shape index (κ3) is 3.78. The number of carbonyl (C=O) groups excluding carboxylic acids is 1. The number of anilines is 1. The third-order valence-corrected chi connectivity index (χ3v) is 4.94. The van der Waals surface area contributed by atoms with Crippen LogP contribution in [0.15, 0.2) is 52.9 Å². The van der Waals surface area contributed by atoms with Crippen molar-refractivity contribution in [2.24, 2.45) is 0 Å². The number of nitrogens with one attached hydrogen (secondary N) is 1. The molecule has 1 N–H and O–H groups in total. The Morgan fingerprint density at radius 2 is 1.90 bits per heavy atom. The largest absolute Gasteiger partial charge is 0.440 e. The Morgan fingerprint density at radius 1 is 1.14 bits per heavy atom. The third-order valence-electron chi connectivity index (χ3n) is 4.94. The van der Waals surface area contributed by atoms with Gasteiger partial charge in [-0.1, -0.05) is 44.2 Å². The second-order valence-electron chi connectivity index (χ2n) is 7.53. The Morgan fingerprint density at radius 3 is 2.62 bits per heavy atom. The molecule has 0 aliphatic heterocycles. The van der Waals surface area contributed by atoms with Crippen LogP contribution >= 0.6 is 0 Å². The van der Waals surface area contributed by atoms with Gasteiger partial charge in [-0.05, 0) is 37.6 Å². The lowest BCUT2D eigenvalue weighted by Gasteiger charge is -2.07. The van der Waals surface area contributed by atoms with Gasteiger partial charge in [0, 0.05) is 17.3 Å². The number of hydrogen-bond acceptors (Lipinski definition) is 4. The maximum absolute atomic E-state index is 13.0. The lowest BCUT2D eigenvalue weighted by Crippen LogP contribution is -2.14. The first kappa shape index (κ1) is 18.9. The van der Waals surface area contributed by atoms with E-state index in [1.54, 1.807) is 0 Å². The number of hydrogen-bond donors (Lipinski definition) is 1. The number of nitrogens with zero attached hydrogens (tertiary/aromatic N) is 3. The van der Waals surface area contributed by atoms with Crippen LogP contribution in [0.25, 0.3) is 11.1 Å². The van der Waals surface area contributed by atoms with Gasteiger partial charge in [-0.25, -0.2) is 4.98 Å². The molecule has 0 bridgehead atoms. The summed E-state index contributed by atoms with van der Waals surface area (Å²) in [6, 6.07) is 15.6. The molecule has 0 aliphatic rings. The molecule has 2 heterocycles. The summed E-state index contributed by atoms with van der Waals surface area (Å²) in [5.74, 6) is 0.727. The second-order valence-corrected chi connectivity index (χ2v) is 7.53. The van der Waals surface area contributed by atoms with E-state index >= 15 is 0 Å². The van der Waals surface area contributed by atoms with Crippen LogP contribution in [0, 0.1) is 13.8 Å². The van der Waals surface area contributed by atoms with Gasteiger partial charge in [0.05, 0.1) is 17.8 Å². The Hall–Kier alpha value is -3.41. The van der Waals surface area contributed by atoms with Gasteiger partial charge in [-0.15, -0.1) is 0 Å². The molecule has 4 aromatic rings. The van der Waals surface area contributed by atoms with Crippen molar-refractivity contribution in [1.29, 1.82) is 0 Å².